The highest BCUT2D eigenvalue weighted by Gasteiger charge is 2.20. The Morgan fingerprint density at radius 3 is 2.61 bits per heavy atom. The number of carbonyl (C=O) groups excluding carboxylic acids is 1. The van der Waals surface area contributed by atoms with Crippen LogP contribution in [0.5, 0.6) is 5.75 Å². The number of halogens is 1. The number of nitrogens with one attached hydrogen (secondary N) is 1. The Morgan fingerprint density at radius 1 is 1.21 bits per heavy atom. The van der Waals surface area contributed by atoms with Gasteiger partial charge in [-0.2, -0.15) is 4.98 Å². The number of carbonyl (C=O) groups is 1. The molecule has 1 heterocycles. The molecule has 0 saturated carbocycles. The third-order valence-electron chi connectivity index (χ3n) is 4.32. The second kappa shape index (κ2) is 9.01. The van der Waals surface area contributed by atoms with Crippen LogP contribution in [-0.4, -0.2) is 22.7 Å². The predicted molar refractivity (Wildman–Crippen MR) is 110 cm³/mol. The van der Waals surface area contributed by atoms with Gasteiger partial charge >= 0.3 is 0 Å². The van der Waals surface area contributed by atoms with Gasteiger partial charge in [-0.05, 0) is 49.6 Å². The maximum Gasteiger partial charge on any atom is 0.258 e. The van der Waals surface area contributed by atoms with Crippen LogP contribution in [0.15, 0.2) is 51.5 Å². The molecule has 6 nitrogen and oxygen atoms in total. The number of aromatic nitrogens is 2. The summed E-state index contributed by atoms with van der Waals surface area (Å²) in [6, 6.07) is 13.1. The van der Waals surface area contributed by atoms with Gasteiger partial charge in [0.2, 0.25) is 0 Å². The van der Waals surface area contributed by atoms with Gasteiger partial charge in [-0.3, -0.25) is 4.79 Å². The maximum atomic E-state index is 12.4. The van der Waals surface area contributed by atoms with Crippen molar-refractivity contribution in [3.63, 3.8) is 0 Å². The van der Waals surface area contributed by atoms with Gasteiger partial charge in [0.15, 0.2) is 12.4 Å². The van der Waals surface area contributed by atoms with Crippen LogP contribution in [0.3, 0.4) is 0 Å². The first-order chi connectivity index (χ1) is 13.5. The summed E-state index contributed by atoms with van der Waals surface area (Å²) >= 11 is 3.43. The third-order valence-corrected chi connectivity index (χ3v) is 4.82. The van der Waals surface area contributed by atoms with Gasteiger partial charge in [0, 0.05) is 10.0 Å². The topological polar surface area (TPSA) is 77.2 Å². The Labute approximate surface area is 172 Å². The largest absolute Gasteiger partial charge is 0.483 e. The summed E-state index contributed by atoms with van der Waals surface area (Å²) in [6.07, 6.45) is 0.632. The quantitative estimate of drug-likeness (QED) is 0.569. The molecule has 0 aliphatic rings. The van der Waals surface area contributed by atoms with Crippen LogP contribution in [0.25, 0.3) is 11.5 Å². The summed E-state index contributed by atoms with van der Waals surface area (Å²) in [5, 5.41) is 6.95. The standard InChI is InChI=1S/C21H22BrN3O3/c1-4-17(20-24-21(28-25-20)15-9-6-10-16(22)11-15)23-18(26)12-27-19-13(2)7-5-8-14(19)3/h5-11,17H,4,12H2,1-3H3,(H,23,26)/t17-/m1/s1. The van der Waals surface area contributed by atoms with Gasteiger partial charge in [0.05, 0.1) is 6.04 Å². The number of nitrogens with zero attached hydrogens (tertiary/aromatic N) is 2. The lowest BCUT2D eigenvalue weighted by molar-refractivity contribution is -0.124. The van der Waals surface area contributed by atoms with Crippen molar-refractivity contribution in [1.82, 2.24) is 15.5 Å². The van der Waals surface area contributed by atoms with Crippen molar-refractivity contribution >= 4 is 21.8 Å². The number of benzene rings is 2. The molecular weight excluding hydrogens is 422 g/mol. The van der Waals surface area contributed by atoms with Crippen molar-refractivity contribution in [2.75, 3.05) is 6.61 Å². The van der Waals surface area contributed by atoms with Crippen molar-refractivity contribution in [3.05, 3.63) is 63.9 Å². The Hall–Kier alpha value is -2.67. The molecule has 1 atom stereocenters. The molecule has 1 amide bonds. The molecule has 1 aromatic heterocycles. The monoisotopic (exact) mass is 443 g/mol. The molecule has 146 valence electrons. The van der Waals surface area contributed by atoms with Crippen molar-refractivity contribution in [3.8, 4) is 17.2 Å². The van der Waals surface area contributed by atoms with Crippen molar-refractivity contribution in [2.45, 2.75) is 33.2 Å². The fourth-order valence-electron chi connectivity index (χ4n) is 2.86. The normalized spacial score (nSPS) is 11.9. The molecule has 0 aliphatic heterocycles. The molecule has 0 radical (unpaired) electrons. The fourth-order valence-corrected chi connectivity index (χ4v) is 3.26. The summed E-state index contributed by atoms with van der Waals surface area (Å²) in [5.74, 6) is 1.36. The highest BCUT2D eigenvalue weighted by molar-refractivity contribution is 9.10. The van der Waals surface area contributed by atoms with E-state index in [2.05, 4.69) is 31.4 Å². The molecule has 0 unspecified atom stereocenters. The number of ether oxygens (including phenoxy) is 1. The van der Waals surface area contributed by atoms with Gasteiger partial charge in [0.25, 0.3) is 11.8 Å². The zero-order valence-corrected chi connectivity index (χ0v) is 17.6. The Morgan fingerprint density at radius 2 is 1.93 bits per heavy atom. The summed E-state index contributed by atoms with van der Waals surface area (Å²) < 4.78 is 12.0. The number of para-hydroxylation sites is 1. The number of aryl methyl sites for hydroxylation is 2. The first-order valence-electron chi connectivity index (χ1n) is 9.06. The minimum absolute atomic E-state index is 0.0709. The number of amides is 1. The summed E-state index contributed by atoms with van der Waals surface area (Å²) in [4.78, 5) is 16.8. The Balaban J connectivity index is 1.65. The zero-order chi connectivity index (χ0) is 20.1. The lowest BCUT2D eigenvalue weighted by Gasteiger charge is -2.15. The molecule has 0 bridgehead atoms. The maximum absolute atomic E-state index is 12.4. The van der Waals surface area contributed by atoms with E-state index in [0.717, 1.165) is 26.9 Å². The molecule has 28 heavy (non-hydrogen) atoms. The van der Waals surface area contributed by atoms with Crippen LogP contribution in [0.4, 0.5) is 0 Å². The fraction of sp³-hybridized carbons (Fsp3) is 0.286. The molecule has 3 aromatic rings. The van der Waals surface area contributed by atoms with E-state index in [4.69, 9.17) is 9.26 Å². The first-order valence-corrected chi connectivity index (χ1v) is 9.85. The molecule has 7 heteroatoms. The van der Waals surface area contributed by atoms with Gasteiger partial charge in [0.1, 0.15) is 5.75 Å². The van der Waals surface area contributed by atoms with Gasteiger partial charge in [-0.25, -0.2) is 0 Å². The van der Waals surface area contributed by atoms with Crippen LogP contribution in [0.2, 0.25) is 0 Å². The predicted octanol–water partition coefficient (Wildman–Crippen LogP) is 4.76. The highest BCUT2D eigenvalue weighted by Crippen LogP contribution is 2.24. The minimum atomic E-state index is -0.348. The molecule has 0 saturated heterocycles. The average molecular weight is 444 g/mol. The van der Waals surface area contributed by atoms with E-state index < -0.39 is 0 Å². The SMILES string of the molecule is CC[C@@H](NC(=O)COc1c(C)cccc1C)c1noc(-c2cccc(Br)c2)n1. The van der Waals surface area contributed by atoms with Crippen LogP contribution in [0.1, 0.15) is 36.3 Å². The van der Waals surface area contributed by atoms with Gasteiger partial charge < -0.3 is 14.6 Å². The molecule has 0 aliphatic carbocycles. The van der Waals surface area contributed by atoms with Crippen LogP contribution >= 0.6 is 15.9 Å². The minimum Gasteiger partial charge on any atom is -0.483 e. The van der Waals surface area contributed by atoms with Crippen molar-refractivity contribution in [2.24, 2.45) is 0 Å². The van der Waals surface area contributed by atoms with E-state index in [1.807, 2.05) is 63.2 Å². The molecular formula is C21H22BrN3O3. The Kier molecular flexibility index (Phi) is 6.46. The third kappa shape index (κ3) is 4.78. The molecule has 2 aromatic carbocycles. The van der Waals surface area contributed by atoms with Crippen LogP contribution in [-0.2, 0) is 4.79 Å². The lowest BCUT2D eigenvalue weighted by Crippen LogP contribution is -2.33. The van der Waals surface area contributed by atoms with E-state index in [0.29, 0.717) is 18.1 Å². The van der Waals surface area contributed by atoms with Gasteiger partial charge in [-0.15, -0.1) is 0 Å². The van der Waals surface area contributed by atoms with E-state index >= 15 is 0 Å². The van der Waals surface area contributed by atoms with Crippen LogP contribution in [0, 0.1) is 13.8 Å². The molecule has 3 rings (SSSR count). The molecule has 0 fully saturated rings. The second-order valence-electron chi connectivity index (χ2n) is 6.51. The molecule has 1 N–H and O–H groups in total. The van der Waals surface area contributed by atoms with Gasteiger partial charge in [-0.1, -0.05) is 52.3 Å². The number of hydrogen-bond acceptors (Lipinski definition) is 5. The summed E-state index contributed by atoms with van der Waals surface area (Å²) in [6.45, 7) is 5.79. The zero-order valence-electron chi connectivity index (χ0n) is 16.0. The summed E-state index contributed by atoms with van der Waals surface area (Å²) in [5.41, 5.74) is 2.81. The smallest absolute Gasteiger partial charge is 0.258 e. The van der Waals surface area contributed by atoms with E-state index in [1.54, 1.807) is 0 Å². The highest BCUT2D eigenvalue weighted by atomic mass is 79.9. The Bertz CT molecular complexity index is 951. The molecule has 0 spiro atoms. The number of hydrogen-bond donors (Lipinski definition) is 1. The van der Waals surface area contributed by atoms with E-state index in [1.165, 1.54) is 0 Å². The first kappa shape index (κ1) is 20.1. The summed E-state index contributed by atoms with van der Waals surface area (Å²) in [7, 11) is 0. The van der Waals surface area contributed by atoms with Crippen LogP contribution < -0.4 is 10.1 Å². The second-order valence-corrected chi connectivity index (χ2v) is 7.42. The average Bonchev–Trinajstić information content (AvgIpc) is 3.16. The number of rotatable bonds is 7. The van der Waals surface area contributed by atoms with E-state index in [9.17, 15) is 4.79 Å². The van der Waals surface area contributed by atoms with Crippen molar-refractivity contribution in [1.29, 1.82) is 0 Å². The van der Waals surface area contributed by atoms with E-state index in [-0.39, 0.29) is 18.6 Å². The lowest BCUT2D eigenvalue weighted by atomic mass is 10.1. The van der Waals surface area contributed by atoms with Crippen molar-refractivity contribution < 1.29 is 14.1 Å².